The van der Waals surface area contributed by atoms with E-state index >= 15 is 0 Å². The number of hydrogen-bond donors (Lipinski definition) is 1. The molecule has 1 N–H and O–H groups in total. The minimum atomic E-state index is 0.181. The van der Waals surface area contributed by atoms with E-state index in [2.05, 4.69) is 20.8 Å². The van der Waals surface area contributed by atoms with Crippen LogP contribution in [0.5, 0.6) is 0 Å². The number of aliphatic hydroxyl groups is 1. The van der Waals surface area contributed by atoms with Crippen molar-refractivity contribution >= 4 is 0 Å². The highest BCUT2D eigenvalue weighted by Gasteiger charge is 2.42. The monoisotopic (exact) mass is 254 g/mol. The highest BCUT2D eigenvalue weighted by atomic mass is 16.5. The summed E-state index contributed by atoms with van der Waals surface area (Å²) in [6, 6.07) is 0. The van der Waals surface area contributed by atoms with Crippen LogP contribution in [0, 0.1) is 11.3 Å². The van der Waals surface area contributed by atoms with Crippen molar-refractivity contribution in [2.75, 3.05) is 6.61 Å². The number of ether oxygens (including phenoxy) is 1. The molecule has 2 nitrogen and oxygen atoms in total. The van der Waals surface area contributed by atoms with Crippen LogP contribution in [0.25, 0.3) is 0 Å². The molecule has 1 aliphatic carbocycles. The zero-order valence-electron chi connectivity index (χ0n) is 12.4. The van der Waals surface area contributed by atoms with Gasteiger partial charge in [0.25, 0.3) is 0 Å². The smallest absolute Gasteiger partial charge is 0.0687 e. The van der Waals surface area contributed by atoms with E-state index in [1.165, 1.54) is 44.9 Å². The summed E-state index contributed by atoms with van der Waals surface area (Å²) in [6.07, 6.45) is 10.5. The van der Waals surface area contributed by atoms with Crippen molar-refractivity contribution in [3.63, 3.8) is 0 Å². The first-order valence-corrected chi connectivity index (χ1v) is 7.74. The van der Waals surface area contributed by atoms with Crippen LogP contribution in [0.3, 0.4) is 0 Å². The van der Waals surface area contributed by atoms with E-state index in [1.807, 2.05) is 0 Å². The van der Waals surface area contributed by atoms with Crippen molar-refractivity contribution in [3.05, 3.63) is 0 Å². The van der Waals surface area contributed by atoms with Crippen LogP contribution in [0.1, 0.15) is 72.1 Å². The molecule has 0 aromatic rings. The Morgan fingerprint density at radius 1 is 1.17 bits per heavy atom. The fourth-order valence-corrected chi connectivity index (χ4v) is 3.64. The third kappa shape index (κ3) is 3.27. The molecule has 0 aromatic heterocycles. The molecular formula is C16H30O2. The first-order chi connectivity index (χ1) is 8.45. The Balaban J connectivity index is 1.88. The largest absolute Gasteiger partial charge is 0.396 e. The van der Waals surface area contributed by atoms with Crippen molar-refractivity contribution in [1.29, 1.82) is 0 Å². The first kappa shape index (κ1) is 14.3. The number of rotatable bonds is 3. The molecule has 0 radical (unpaired) electrons. The maximum atomic E-state index is 9.57. The van der Waals surface area contributed by atoms with Crippen LogP contribution < -0.4 is 0 Å². The molecule has 2 unspecified atom stereocenters. The Labute approximate surface area is 112 Å². The summed E-state index contributed by atoms with van der Waals surface area (Å²) in [5.41, 5.74) is 0.404. The van der Waals surface area contributed by atoms with E-state index in [0.717, 1.165) is 6.42 Å². The molecule has 2 rings (SSSR count). The lowest BCUT2D eigenvalue weighted by atomic mass is 9.77. The van der Waals surface area contributed by atoms with Crippen LogP contribution in [0.4, 0.5) is 0 Å². The maximum absolute atomic E-state index is 9.57. The highest BCUT2D eigenvalue weighted by molar-refractivity contribution is 4.92. The van der Waals surface area contributed by atoms with Gasteiger partial charge in [0, 0.05) is 6.61 Å². The fourth-order valence-electron chi connectivity index (χ4n) is 3.64. The molecule has 2 heteroatoms. The van der Waals surface area contributed by atoms with Crippen molar-refractivity contribution in [1.82, 2.24) is 0 Å². The van der Waals surface area contributed by atoms with E-state index in [1.54, 1.807) is 0 Å². The Morgan fingerprint density at radius 3 is 2.39 bits per heavy atom. The normalized spacial score (nSPS) is 29.7. The standard InChI is InChI=1S/C16H30O2/c1-15(2,3)13(12-17)11-14-7-10-16(18-14)8-5-4-6-9-16/h13-14,17H,4-12H2,1-3H3. The van der Waals surface area contributed by atoms with Gasteiger partial charge in [-0.3, -0.25) is 0 Å². The highest BCUT2D eigenvalue weighted by Crippen LogP contribution is 2.44. The Morgan fingerprint density at radius 2 is 1.83 bits per heavy atom. The van der Waals surface area contributed by atoms with Crippen molar-refractivity contribution in [2.24, 2.45) is 11.3 Å². The van der Waals surface area contributed by atoms with Gasteiger partial charge in [0.1, 0.15) is 0 Å². The quantitative estimate of drug-likeness (QED) is 0.827. The second-order valence-corrected chi connectivity index (χ2v) is 7.50. The number of aliphatic hydroxyl groups excluding tert-OH is 1. The molecule has 1 heterocycles. The Bertz CT molecular complexity index is 261. The van der Waals surface area contributed by atoms with Crippen LogP contribution in [0.2, 0.25) is 0 Å². The SMILES string of the molecule is CC(C)(C)C(CO)CC1CCC2(CCCCC2)O1. The Kier molecular flexibility index (Phi) is 4.38. The molecule has 2 fully saturated rings. The molecule has 0 amide bonds. The molecule has 1 saturated carbocycles. The second kappa shape index (κ2) is 5.50. The fraction of sp³-hybridized carbons (Fsp3) is 1.00. The zero-order valence-corrected chi connectivity index (χ0v) is 12.4. The third-order valence-electron chi connectivity index (χ3n) is 5.10. The first-order valence-electron chi connectivity index (χ1n) is 7.74. The van der Waals surface area contributed by atoms with Gasteiger partial charge in [-0.25, -0.2) is 0 Å². The van der Waals surface area contributed by atoms with E-state index < -0.39 is 0 Å². The average molecular weight is 254 g/mol. The summed E-state index contributed by atoms with van der Waals surface area (Å²) < 4.78 is 6.41. The van der Waals surface area contributed by atoms with Gasteiger partial charge in [-0.1, -0.05) is 40.0 Å². The van der Waals surface area contributed by atoms with Crippen LogP contribution in [-0.4, -0.2) is 23.4 Å². The molecule has 0 bridgehead atoms. The van der Waals surface area contributed by atoms with E-state index in [0.29, 0.717) is 12.0 Å². The molecule has 1 spiro atoms. The lowest BCUT2D eigenvalue weighted by molar-refractivity contribution is -0.0771. The molecule has 2 aliphatic rings. The van der Waals surface area contributed by atoms with Crippen LogP contribution >= 0.6 is 0 Å². The number of hydrogen-bond acceptors (Lipinski definition) is 2. The lowest BCUT2D eigenvalue weighted by Gasteiger charge is -2.35. The summed E-state index contributed by atoms with van der Waals surface area (Å²) >= 11 is 0. The molecule has 106 valence electrons. The van der Waals surface area contributed by atoms with Gasteiger partial charge in [0.2, 0.25) is 0 Å². The molecule has 1 aliphatic heterocycles. The van der Waals surface area contributed by atoms with Gasteiger partial charge in [-0.05, 0) is 43.4 Å². The topological polar surface area (TPSA) is 29.5 Å². The molecule has 18 heavy (non-hydrogen) atoms. The predicted molar refractivity (Wildman–Crippen MR) is 74.6 cm³/mol. The Hall–Kier alpha value is -0.0800. The zero-order chi connectivity index (χ0) is 13.2. The van der Waals surface area contributed by atoms with Gasteiger partial charge in [0.05, 0.1) is 11.7 Å². The van der Waals surface area contributed by atoms with Gasteiger partial charge in [0.15, 0.2) is 0 Å². The van der Waals surface area contributed by atoms with Gasteiger partial charge in [-0.2, -0.15) is 0 Å². The maximum Gasteiger partial charge on any atom is 0.0687 e. The van der Waals surface area contributed by atoms with Gasteiger partial charge in [-0.15, -0.1) is 0 Å². The second-order valence-electron chi connectivity index (χ2n) is 7.50. The molecule has 1 saturated heterocycles. The third-order valence-corrected chi connectivity index (χ3v) is 5.10. The molecule has 0 aromatic carbocycles. The van der Waals surface area contributed by atoms with Crippen LogP contribution in [-0.2, 0) is 4.74 Å². The molecule has 2 atom stereocenters. The molecular weight excluding hydrogens is 224 g/mol. The summed E-state index contributed by atoms with van der Waals surface area (Å²) in [7, 11) is 0. The van der Waals surface area contributed by atoms with E-state index in [4.69, 9.17) is 4.74 Å². The summed E-state index contributed by atoms with van der Waals surface area (Å²) in [5.74, 6) is 0.362. The van der Waals surface area contributed by atoms with E-state index in [9.17, 15) is 5.11 Å². The predicted octanol–water partition coefficient (Wildman–Crippen LogP) is 3.91. The lowest BCUT2D eigenvalue weighted by Crippen LogP contribution is -2.33. The summed E-state index contributed by atoms with van der Waals surface area (Å²) in [5, 5.41) is 9.57. The van der Waals surface area contributed by atoms with Gasteiger partial charge < -0.3 is 9.84 Å². The van der Waals surface area contributed by atoms with Gasteiger partial charge >= 0.3 is 0 Å². The minimum absolute atomic E-state index is 0.181. The summed E-state index contributed by atoms with van der Waals surface area (Å²) in [4.78, 5) is 0. The average Bonchev–Trinajstić information content (AvgIpc) is 2.68. The van der Waals surface area contributed by atoms with Crippen molar-refractivity contribution < 1.29 is 9.84 Å². The van der Waals surface area contributed by atoms with E-state index in [-0.39, 0.29) is 17.6 Å². The van der Waals surface area contributed by atoms with Crippen molar-refractivity contribution in [2.45, 2.75) is 83.8 Å². The van der Waals surface area contributed by atoms with Crippen LogP contribution in [0.15, 0.2) is 0 Å². The summed E-state index contributed by atoms with van der Waals surface area (Å²) in [6.45, 7) is 6.95. The minimum Gasteiger partial charge on any atom is -0.396 e. The van der Waals surface area contributed by atoms with Crippen molar-refractivity contribution in [3.8, 4) is 0 Å².